The molecular weight excluding hydrogens is 863 g/mol. The summed E-state index contributed by atoms with van der Waals surface area (Å²) in [5.41, 5.74) is 0. The van der Waals surface area contributed by atoms with Gasteiger partial charge in [-0.1, -0.05) is 301 Å². The second-order valence-electron chi connectivity index (χ2n) is 21.7. The molecule has 3 N–H and O–H groups in total. The third kappa shape index (κ3) is 55.7. The summed E-state index contributed by atoms with van der Waals surface area (Å²) >= 11 is 0. The Balaban J connectivity index is 3.44. The molecule has 0 aromatic heterocycles. The van der Waals surface area contributed by atoms with Crippen LogP contribution in [0, 0.1) is 0 Å². The zero-order valence-electron chi connectivity index (χ0n) is 47.3. The van der Waals surface area contributed by atoms with Gasteiger partial charge < -0.3 is 20.3 Å². The Morgan fingerprint density at radius 1 is 0.400 bits per heavy atom. The topological polar surface area (TPSA) is 95.9 Å². The van der Waals surface area contributed by atoms with Crippen LogP contribution in [0.25, 0.3) is 0 Å². The first kappa shape index (κ1) is 68.3. The molecule has 0 rings (SSSR count). The molecule has 6 heteroatoms. The van der Waals surface area contributed by atoms with Gasteiger partial charge in [0.05, 0.1) is 25.4 Å². The number of carbonyl (C=O) groups is 2. The summed E-state index contributed by atoms with van der Waals surface area (Å²) in [6.07, 6.45) is 73.2. The van der Waals surface area contributed by atoms with Gasteiger partial charge in [-0.2, -0.15) is 0 Å². The number of carbonyl (C=O) groups excluding carboxylic acids is 2. The lowest BCUT2D eigenvalue weighted by Crippen LogP contribution is -2.45. The highest BCUT2D eigenvalue weighted by Gasteiger charge is 2.20. The molecule has 0 radical (unpaired) electrons. The van der Waals surface area contributed by atoms with Crippen molar-refractivity contribution in [3.05, 3.63) is 24.3 Å². The minimum atomic E-state index is -0.677. The van der Waals surface area contributed by atoms with Gasteiger partial charge in [0.2, 0.25) is 5.91 Å². The molecule has 414 valence electrons. The SMILES string of the molecule is CCCCC/C=C\C/C=C\CCCCCCCCCC(=O)OCCCCCCCCCCCCCCC(=O)NC(CO)C(O)CCCCCCCCCCCCCCCCCCCCCCCCCC. The van der Waals surface area contributed by atoms with Gasteiger partial charge in [0, 0.05) is 12.8 Å². The van der Waals surface area contributed by atoms with Crippen LogP contribution in [0.1, 0.15) is 348 Å². The number of amides is 1. The number of hydrogen-bond acceptors (Lipinski definition) is 5. The van der Waals surface area contributed by atoms with Crippen molar-refractivity contribution in [1.29, 1.82) is 0 Å². The molecule has 0 heterocycles. The number of unbranched alkanes of at least 4 members (excludes halogenated alkanes) is 44. The maximum Gasteiger partial charge on any atom is 0.305 e. The van der Waals surface area contributed by atoms with E-state index in [9.17, 15) is 19.8 Å². The minimum Gasteiger partial charge on any atom is -0.466 e. The zero-order valence-corrected chi connectivity index (χ0v) is 47.3. The van der Waals surface area contributed by atoms with Crippen LogP contribution in [0.5, 0.6) is 0 Å². The lowest BCUT2D eigenvalue weighted by molar-refractivity contribution is -0.143. The molecule has 2 unspecified atom stereocenters. The second-order valence-corrected chi connectivity index (χ2v) is 21.7. The third-order valence-corrected chi connectivity index (χ3v) is 14.8. The lowest BCUT2D eigenvalue weighted by Gasteiger charge is -2.22. The van der Waals surface area contributed by atoms with Crippen LogP contribution in [0.15, 0.2) is 24.3 Å². The molecular formula is C64H123NO5. The first-order valence-electron chi connectivity index (χ1n) is 31.6. The smallest absolute Gasteiger partial charge is 0.305 e. The van der Waals surface area contributed by atoms with E-state index in [1.807, 2.05) is 0 Å². The van der Waals surface area contributed by atoms with E-state index in [1.165, 1.54) is 250 Å². The van der Waals surface area contributed by atoms with Gasteiger partial charge >= 0.3 is 5.97 Å². The van der Waals surface area contributed by atoms with E-state index >= 15 is 0 Å². The molecule has 2 atom stereocenters. The fraction of sp³-hybridized carbons (Fsp3) is 0.906. The van der Waals surface area contributed by atoms with Crippen LogP contribution in [-0.2, 0) is 14.3 Å². The minimum absolute atomic E-state index is 0.0157. The third-order valence-electron chi connectivity index (χ3n) is 14.8. The number of hydrogen-bond donors (Lipinski definition) is 3. The normalized spacial score (nSPS) is 12.7. The van der Waals surface area contributed by atoms with Crippen LogP contribution in [0.4, 0.5) is 0 Å². The molecule has 0 saturated heterocycles. The summed E-state index contributed by atoms with van der Waals surface area (Å²) in [5.74, 6) is -0.0630. The Morgan fingerprint density at radius 3 is 1.11 bits per heavy atom. The summed E-state index contributed by atoms with van der Waals surface area (Å²) in [6.45, 7) is 4.92. The summed E-state index contributed by atoms with van der Waals surface area (Å²) < 4.78 is 5.48. The number of allylic oxidation sites excluding steroid dienone is 4. The monoisotopic (exact) mass is 986 g/mol. The fourth-order valence-electron chi connectivity index (χ4n) is 9.91. The average molecular weight is 987 g/mol. The predicted molar refractivity (Wildman–Crippen MR) is 306 cm³/mol. The highest BCUT2D eigenvalue weighted by atomic mass is 16.5. The van der Waals surface area contributed by atoms with Gasteiger partial charge in [0.25, 0.3) is 0 Å². The molecule has 0 spiro atoms. The van der Waals surface area contributed by atoms with Crippen LogP contribution >= 0.6 is 0 Å². The van der Waals surface area contributed by atoms with Crippen molar-refractivity contribution < 1.29 is 24.5 Å². The van der Waals surface area contributed by atoms with Crippen molar-refractivity contribution in [2.45, 2.75) is 360 Å². The van der Waals surface area contributed by atoms with Crippen LogP contribution in [0.2, 0.25) is 0 Å². The number of ether oxygens (including phenoxy) is 1. The molecule has 0 aromatic rings. The van der Waals surface area contributed by atoms with Crippen LogP contribution in [0.3, 0.4) is 0 Å². The van der Waals surface area contributed by atoms with E-state index in [4.69, 9.17) is 4.74 Å². The number of rotatable bonds is 59. The summed E-state index contributed by atoms with van der Waals surface area (Å²) in [6, 6.07) is -0.555. The van der Waals surface area contributed by atoms with E-state index in [0.717, 1.165) is 64.2 Å². The molecule has 0 aliphatic heterocycles. The van der Waals surface area contributed by atoms with E-state index < -0.39 is 12.1 Å². The van der Waals surface area contributed by atoms with Crippen molar-refractivity contribution >= 4 is 11.9 Å². The van der Waals surface area contributed by atoms with E-state index in [0.29, 0.717) is 25.9 Å². The molecule has 70 heavy (non-hydrogen) atoms. The van der Waals surface area contributed by atoms with Gasteiger partial charge in [-0.25, -0.2) is 0 Å². The van der Waals surface area contributed by atoms with Crippen LogP contribution < -0.4 is 5.32 Å². The summed E-state index contributed by atoms with van der Waals surface area (Å²) in [5, 5.41) is 23.4. The highest BCUT2D eigenvalue weighted by Crippen LogP contribution is 2.18. The van der Waals surface area contributed by atoms with Gasteiger partial charge in [-0.3, -0.25) is 9.59 Å². The van der Waals surface area contributed by atoms with Gasteiger partial charge in [-0.05, 0) is 57.8 Å². The van der Waals surface area contributed by atoms with Crippen molar-refractivity contribution in [2.24, 2.45) is 0 Å². The Morgan fingerprint density at radius 2 is 0.714 bits per heavy atom. The molecule has 0 aliphatic carbocycles. The van der Waals surface area contributed by atoms with Gasteiger partial charge in [0.15, 0.2) is 0 Å². The number of nitrogens with one attached hydrogen (secondary N) is 1. The Kier molecular flexibility index (Phi) is 58.5. The molecule has 1 amide bonds. The Bertz CT molecular complexity index is 1090. The predicted octanol–water partition coefficient (Wildman–Crippen LogP) is 19.8. The van der Waals surface area contributed by atoms with Crippen molar-refractivity contribution in [3.8, 4) is 0 Å². The Hall–Kier alpha value is -1.66. The van der Waals surface area contributed by atoms with E-state index in [1.54, 1.807) is 0 Å². The quantitative estimate of drug-likeness (QED) is 0.0321. The Labute approximate surface area is 437 Å². The van der Waals surface area contributed by atoms with Crippen molar-refractivity contribution in [2.75, 3.05) is 13.2 Å². The summed E-state index contributed by atoms with van der Waals surface area (Å²) in [7, 11) is 0. The average Bonchev–Trinajstić information content (AvgIpc) is 3.36. The summed E-state index contributed by atoms with van der Waals surface area (Å²) in [4.78, 5) is 24.6. The standard InChI is InChI=1S/C64H123NO5/c1-3-5-7-9-11-13-15-17-19-21-22-23-24-25-26-27-29-30-32-36-40-44-48-52-56-62(67)61(60-66)65-63(68)57-53-49-45-41-37-34-35-39-43-47-51-55-59-70-64(69)58-54-50-46-42-38-33-31-28-20-18-16-14-12-10-8-6-4-2/h12,14,18,20,61-62,66-67H,3-11,13,15-17,19,21-60H2,1-2H3,(H,65,68)/b14-12-,20-18-. The molecule has 0 aromatic carbocycles. The highest BCUT2D eigenvalue weighted by molar-refractivity contribution is 5.76. The van der Waals surface area contributed by atoms with Crippen molar-refractivity contribution in [1.82, 2.24) is 5.32 Å². The van der Waals surface area contributed by atoms with Crippen LogP contribution in [-0.4, -0.2) is 47.4 Å². The number of aliphatic hydroxyl groups excluding tert-OH is 2. The molecule has 0 aliphatic rings. The number of esters is 1. The lowest BCUT2D eigenvalue weighted by atomic mass is 10.0. The van der Waals surface area contributed by atoms with E-state index in [2.05, 4.69) is 43.5 Å². The van der Waals surface area contributed by atoms with Gasteiger partial charge in [-0.15, -0.1) is 0 Å². The maximum atomic E-state index is 12.5. The van der Waals surface area contributed by atoms with E-state index in [-0.39, 0.29) is 18.5 Å². The number of aliphatic hydroxyl groups is 2. The molecule has 0 saturated carbocycles. The van der Waals surface area contributed by atoms with Crippen molar-refractivity contribution in [3.63, 3.8) is 0 Å². The second kappa shape index (κ2) is 59.9. The fourth-order valence-corrected chi connectivity index (χ4v) is 9.91. The largest absolute Gasteiger partial charge is 0.466 e. The molecule has 0 bridgehead atoms. The maximum absolute atomic E-state index is 12.5. The zero-order chi connectivity index (χ0) is 50.7. The molecule has 6 nitrogen and oxygen atoms in total. The molecule has 0 fully saturated rings. The first-order valence-corrected chi connectivity index (χ1v) is 31.6. The first-order chi connectivity index (χ1) is 34.5. The van der Waals surface area contributed by atoms with Gasteiger partial charge in [0.1, 0.15) is 0 Å².